The minimum absolute atomic E-state index is 0.105. The largest absolute Gasteiger partial charge is 0.352 e. The molecule has 5 aliphatic rings. The lowest BCUT2D eigenvalue weighted by Crippen LogP contribution is -2.59. The van der Waals surface area contributed by atoms with Crippen LogP contribution in [0.3, 0.4) is 0 Å². The number of nitrogens with one attached hydrogen (secondary N) is 6. The van der Waals surface area contributed by atoms with E-state index >= 15 is 0 Å². The van der Waals surface area contributed by atoms with Gasteiger partial charge in [0, 0.05) is 44.2 Å². The number of carbonyl (C=O) groups excluding carboxylic acids is 1. The molecule has 8 unspecified atom stereocenters. The number of rotatable bonds is 3. The van der Waals surface area contributed by atoms with Crippen LogP contribution in [0.5, 0.6) is 0 Å². The summed E-state index contributed by atoms with van der Waals surface area (Å²) in [5.41, 5.74) is 7.42. The first-order valence-electron chi connectivity index (χ1n) is 12.1. The van der Waals surface area contributed by atoms with Crippen LogP contribution in [-0.2, 0) is 4.79 Å². The highest BCUT2D eigenvalue weighted by Crippen LogP contribution is 2.45. The van der Waals surface area contributed by atoms with E-state index in [2.05, 4.69) is 32.1 Å². The van der Waals surface area contributed by atoms with Crippen molar-refractivity contribution >= 4 is 5.91 Å². The molecule has 4 saturated heterocycles. The van der Waals surface area contributed by atoms with E-state index in [1.807, 2.05) is 0 Å². The van der Waals surface area contributed by atoms with Crippen LogP contribution >= 0.6 is 0 Å². The molecule has 5 rings (SSSR count). The average molecular weight is 405 g/mol. The van der Waals surface area contributed by atoms with Crippen LogP contribution < -0.4 is 32.1 Å². The fraction of sp³-hybridized carbons (Fsp3) is 0.955. The van der Waals surface area contributed by atoms with Crippen molar-refractivity contribution in [3.63, 3.8) is 0 Å². The van der Waals surface area contributed by atoms with Crippen LogP contribution in [0.25, 0.3) is 0 Å². The molecule has 8 atom stereocenters. The van der Waals surface area contributed by atoms with Gasteiger partial charge in [-0.25, -0.2) is 0 Å². The third-order valence-electron chi connectivity index (χ3n) is 8.70. The van der Waals surface area contributed by atoms with Gasteiger partial charge in [0.2, 0.25) is 5.91 Å². The number of fused-ring (bicyclic) bond motifs is 3. The van der Waals surface area contributed by atoms with Crippen molar-refractivity contribution in [1.29, 1.82) is 0 Å². The van der Waals surface area contributed by atoms with Gasteiger partial charge >= 0.3 is 0 Å². The number of hydrogen-bond acceptors (Lipinski definition) is 6. The predicted octanol–water partition coefficient (Wildman–Crippen LogP) is -0.0505. The molecule has 0 spiro atoms. The Balaban J connectivity index is 1.27. The van der Waals surface area contributed by atoms with Crippen LogP contribution in [0.4, 0.5) is 0 Å². The summed E-state index contributed by atoms with van der Waals surface area (Å²) in [5, 5.41) is 14.2. The molecule has 5 fully saturated rings. The fourth-order valence-corrected chi connectivity index (χ4v) is 7.39. The average Bonchev–Trinajstić information content (AvgIpc) is 3.18. The van der Waals surface area contributed by atoms with Gasteiger partial charge in [-0.3, -0.25) is 15.6 Å². The van der Waals surface area contributed by atoms with Gasteiger partial charge in [0.25, 0.3) is 0 Å². The molecule has 1 aliphatic carbocycles. The zero-order chi connectivity index (χ0) is 19.8. The first-order chi connectivity index (χ1) is 14.2. The zero-order valence-corrected chi connectivity index (χ0v) is 17.9. The summed E-state index contributed by atoms with van der Waals surface area (Å²) < 4.78 is 0. The van der Waals surface area contributed by atoms with Crippen molar-refractivity contribution in [2.45, 2.75) is 69.6 Å². The van der Waals surface area contributed by atoms with Gasteiger partial charge in [0.1, 0.15) is 0 Å². The van der Waals surface area contributed by atoms with Crippen LogP contribution in [0, 0.1) is 29.6 Å². The van der Waals surface area contributed by atoms with Crippen molar-refractivity contribution in [2.24, 2.45) is 29.6 Å². The summed E-state index contributed by atoms with van der Waals surface area (Å²) in [6.45, 7) is 7.14. The van der Waals surface area contributed by atoms with Crippen molar-refractivity contribution in [1.82, 2.24) is 32.1 Å². The molecule has 1 amide bonds. The van der Waals surface area contributed by atoms with Crippen LogP contribution in [0.15, 0.2) is 0 Å². The van der Waals surface area contributed by atoms with Gasteiger partial charge in [-0.15, -0.1) is 0 Å². The first kappa shape index (κ1) is 20.2. The molecule has 7 nitrogen and oxygen atoms in total. The number of amides is 1. The van der Waals surface area contributed by atoms with E-state index in [0.29, 0.717) is 30.1 Å². The number of hydrazine groups is 1. The quantitative estimate of drug-likeness (QED) is 0.395. The monoisotopic (exact) mass is 404 g/mol. The maximum atomic E-state index is 11.5. The Bertz CT molecular complexity index is 582. The lowest BCUT2D eigenvalue weighted by atomic mass is 9.61. The summed E-state index contributed by atoms with van der Waals surface area (Å²) in [6, 6.07) is 2.21. The Morgan fingerprint density at radius 2 is 1.69 bits per heavy atom. The molecule has 1 saturated carbocycles. The SMILES string of the molecule is CC(=O)NC1CNCC(C2CCC3NCC4NNC(C5CCNCC5)C4C3C2)C1. The van der Waals surface area contributed by atoms with Crippen LogP contribution in [0.1, 0.15) is 45.4 Å². The number of carbonyl (C=O) groups is 1. The highest BCUT2D eigenvalue weighted by atomic mass is 16.1. The van der Waals surface area contributed by atoms with Gasteiger partial charge in [-0.1, -0.05) is 0 Å². The topological polar surface area (TPSA) is 89.2 Å². The second-order valence-electron chi connectivity index (χ2n) is 10.4. The van der Waals surface area contributed by atoms with E-state index in [1.54, 1.807) is 6.92 Å². The molecule has 4 aliphatic heterocycles. The highest BCUT2D eigenvalue weighted by molar-refractivity contribution is 5.73. The van der Waals surface area contributed by atoms with E-state index in [-0.39, 0.29) is 5.91 Å². The number of hydrogen-bond donors (Lipinski definition) is 6. The summed E-state index contributed by atoms with van der Waals surface area (Å²) in [6.07, 6.45) is 7.76. The van der Waals surface area contributed by atoms with Crippen molar-refractivity contribution in [2.75, 3.05) is 32.7 Å². The van der Waals surface area contributed by atoms with E-state index in [1.165, 1.54) is 45.2 Å². The molecular weight excluding hydrogens is 364 g/mol. The molecule has 7 heteroatoms. The number of piperidine rings is 3. The van der Waals surface area contributed by atoms with Gasteiger partial charge < -0.3 is 21.3 Å². The second kappa shape index (κ2) is 8.79. The molecule has 0 radical (unpaired) electrons. The van der Waals surface area contributed by atoms with Gasteiger partial charge in [-0.05, 0) is 87.7 Å². The van der Waals surface area contributed by atoms with E-state index < -0.39 is 0 Å². The Morgan fingerprint density at radius 1 is 0.828 bits per heavy atom. The van der Waals surface area contributed by atoms with E-state index in [9.17, 15) is 4.79 Å². The molecule has 0 bridgehead atoms. The molecule has 0 aromatic carbocycles. The van der Waals surface area contributed by atoms with Crippen LogP contribution in [0.2, 0.25) is 0 Å². The van der Waals surface area contributed by atoms with Gasteiger partial charge in [0.15, 0.2) is 0 Å². The molecule has 4 heterocycles. The maximum Gasteiger partial charge on any atom is 0.217 e. The normalized spacial score (nSPS) is 46.0. The Morgan fingerprint density at radius 3 is 2.52 bits per heavy atom. The lowest BCUT2D eigenvalue weighted by molar-refractivity contribution is -0.119. The van der Waals surface area contributed by atoms with Gasteiger partial charge in [-0.2, -0.15) is 0 Å². The minimum atomic E-state index is 0.105. The van der Waals surface area contributed by atoms with E-state index in [0.717, 1.165) is 49.7 Å². The first-order valence-corrected chi connectivity index (χ1v) is 12.1. The smallest absolute Gasteiger partial charge is 0.217 e. The van der Waals surface area contributed by atoms with Crippen molar-refractivity contribution in [3.8, 4) is 0 Å². The van der Waals surface area contributed by atoms with Crippen molar-refractivity contribution < 1.29 is 4.79 Å². The summed E-state index contributed by atoms with van der Waals surface area (Å²) in [4.78, 5) is 11.5. The zero-order valence-electron chi connectivity index (χ0n) is 17.9. The Labute approximate surface area is 175 Å². The van der Waals surface area contributed by atoms with E-state index in [4.69, 9.17) is 0 Å². The summed E-state index contributed by atoms with van der Waals surface area (Å²) in [7, 11) is 0. The minimum Gasteiger partial charge on any atom is -0.352 e. The Hall–Kier alpha value is -0.730. The predicted molar refractivity (Wildman–Crippen MR) is 114 cm³/mol. The Kier molecular flexibility index (Phi) is 6.12. The molecule has 6 N–H and O–H groups in total. The second-order valence-corrected chi connectivity index (χ2v) is 10.4. The summed E-state index contributed by atoms with van der Waals surface area (Å²) in [5.74, 6) is 3.93. The summed E-state index contributed by atoms with van der Waals surface area (Å²) >= 11 is 0. The van der Waals surface area contributed by atoms with Crippen LogP contribution in [-0.4, -0.2) is 62.8 Å². The lowest BCUT2D eigenvalue weighted by Gasteiger charge is -2.50. The fourth-order valence-electron chi connectivity index (χ4n) is 7.39. The molecule has 29 heavy (non-hydrogen) atoms. The third-order valence-corrected chi connectivity index (χ3v) is 8.70. The maximum absolute atomic E-state index is 11.5. The molecule has 0 aromatic rings. The molecule has 164 valence electrons. The molecule has 0 aromatic heterocycles. The standard InChI is InChI=1S/C22H40N6O/c1-13(29)26-17-8-16(10-24-11-17)15-2-3-19-18(9-15)21-20(12-25-19)27-28-22(21)14-4-6-23-7-5-14/h14-25,27-28H,2-12H2,1H3,(H,26,29). The third kappa shape index (κ3) is 4.22. The van der Waals surface area contributed by atoms with Gasteiger partial charge in [0.05, 0.1) is 0 Å². The molecular formula is C22H40N6O. The van der Waals surface area contributed by atoms with Crippen molar-refractivity contribution in [3.05, 3.63) is 0 Å². The highest BCUT2D eigenvalue weighted by Gasteiger charge is 2.51.